The number of hydrogen-bond acceptors (Lipinski definition) is 3. The van der Waals surface area contributed by atoms with Crippen molar-refractivity contribution < 1.29 is 19.2 Å². The molecule has 2 aromatic rings. The molecule has 0 radical (unpaired) electrons. The third kappa shape index (κ3) is 4.80. The summed E-state index contributed by atoms with van der Waals surface area (Å²) in [5.74, 6) is 2.03. The Hall–Kier alpha value is -2.53. The van der Waals surface area contributed by atoms with E-state index < -0.39 is 0 Å². The molecule has 2 aromatic carbocycles. The quantitative estimate of drug-likeness (QED) is 0.823. The van der Waals surface area contributed by atoms with Gasteiger partial charge in [0.2, 0.25) is 0 Å². The standard InChI is InChI=1S/C22H28N2O3/c1-15(2)17-9-11-18(12-10-17)23-22(25)16(3)24(4)13-19-14-26-20-7-5-6-8-21(20)27-19/h5-12,15-16,19H,13-14H2,1-4H3,(H,23,25)/p+1/t16-,19+/m0/s1. The maximum absolute atomic E-state index is 12.6. The van der Waals surface area contributed by atoms with Crippen LogP contribution in [0.25, 0.3) is 0 Å². The van der Waals surface area contributed by atoms with Crippen molar-refractivity contribution in [1.29, 1.82) is 0 Å². The number of quaternary nitrogens is 1. The summed E-state index contributed by atoms with van der Waals surface area (Å²) in [6.07, 6.45) is -0.0690. The lowest BCUT2D eigenvalue weighted by atomic mass is 10.0. The second-order valence-electron chi connectivity index (χ2n) is 7.54. The van der Waals surface area contributed by atoms with Gasteiger partial charge in [-0.15, -0.1) is 0 Å². The van der Waals surface area contributed by atoms with Gasteiger partial charge in [-0.3, -0.25) is 4.79 Å². The molecule has 0 saturated heterocycles. The summed E-state index contributed by atoms with van der Waals surface area (Å²) in [5, 5.41) is 3.01. The van der Waals surface area contributed by atoms with Gasteiger partial charge in [0.15, 0.2) is 23.6 Å². The van der Waals surface area contributed by atoms with Gasteiger partial charge in [0.05, 0.1) is 7.05 Å². The number of anilines is 1. The summed E-state index contributed by atoms with van der Waals surface area (Å²) in [5.41, 5.74) is 2.09. The third-order valence-electron chi connectivity index (χ3n) is 5.09. The van der Waals surface area contributed by atoms with E-state index in [0.29, 0.717) is 19.1 Å². The number of carbonyl (C=O) groups excluding carboxylic acids is 1. The number of ether oxygens (including phenoxy) is 2. The van der Waals surface area contributed by atoms with E-state index in [1.807, 2.05) is 50.4 Å². The topological polar surface area (TPSA) is 52.0 Å². The van der Waals surface area contributed by atoms with Gasteiger partial charge in [-0.1, -0.05) is 38.1 Å². The summed E-state index contributed by atoms with van der Waals surface area (Å²) >= 11 is 0. The molecule has 5 heteroatoms. The second-order valence-corrected chi connectivity index (χ2v) is 7.54. The monoisotopic (exact) mass is 369 g/mol. The predicted molar refractivity (Wildman–Crippen MR) is 107 cm³/mol. The Morgan fingerprint density at radius 3 is 2.44 bits per heavy atom. The van der Waals surface area contributed by atoms with E-state index in [2.05, 4.69) is 31.3 Å². The average molecular weight is 369 g/mol. The third-order valence-corrected chi connectivity index (χ3v) is 5.09. The summed E-state index contributed by atoms with van der Waals surface area (Å²) in [7, 11) is 2.01. The lowest BCUT2D eigenvalue weighted by molar-refractivity contribution is -0.896. The Kier molecular flexibility index (Phi) is 6.01. The molecule has 0 fully saturated rings. The SMILES string of the molecule is CC(C)c1ccc(NC(=O)[C@H](C)[NH+](C)C[C@@H]2COc3ccccc3O2)cc1. The van der Waals surface area contributed by atoms with Crippen LogP contribution >= 0.6 is 0 Å². The molecule has 0 aromatic heterocycles. The van der Waals surface area contributed by atoms with Crippen molar-refractivity contribution in [1.82, 2.24) is 0 Å². The van der Waals surface area contributed by atoms with Crippen LogP contribution in [0.4, 0.5) is 5.69 Å². The molecule has 0 aliphatic carbocycles. The summed E-state index contributed by atoms with van der Waals surface area (Å²) < 4.78 is 11.8. The molecule has 27 heavy (non-hydrogen) atoms. The molecule has 1 unspecified atom stereocenters. The largest absolute Gasteiger partial charge is 0.486 e. The first-order valence-electron chi connectivity index (χ1n) is 9.55. The second kappa shape index (κ2) is 8.44. The number of benzene rings is 2. The van der Waals surface area contributed by atoms with E-state index in [1.165, 1.54) is 5.56 Å². The highest BCUT2D eigenvalue weighted by atomic mass is 16.6. The van der Waals surface area contributed by atoms with Crippen molar-refractivity contribution in [3.05, 3.63) is 54.1 Å². The molecule has 3 atom stereocenters. The molecule has 1 amide bonds. The number of hydrogen-bond donors (Lipinski definition) is 2. The number of rotatable bonds is 6. The van der Waals surface area contributed by atoms with Gasteiger partial charge in [-0.25, -0.2) is 0 Å². The zero-order chi connectivity index (χ0) is 19.4. The van der Waals surface area contributed by atoms with Gasteiger partial charge >= 0.3 is 0 Å². The van der Waals surface area contributed by atoms with Crippen LogP contribution in [0.1, 0.15) is 32.3 Å². The van der Waals surface area contributed by atoms with Crippen LogP contribution in [0.3, 0.4) is 0 Å². The van der Waals surface area contributed by atoms with Gasteiger partial charge < -0.3 is 19.7 Å². The van der Waals surface area contributed by atoms with Crippen LogP contribution in [0, 0.1) is 0 Å². The zero-order valence-electron chi connectivity index (χ0n) is 16.5. The minimum atomic E-state index is -0.199. The minimum absolute atomic E-state index is 0.00178. The van der Waals surface area contributed by atoms with Crippen LogP contribution in [0.15, 0.2) is 48.5 Å². The van der Waals surface area contributed by atoms with E-state index in [0.717, 1.165) is 22.1 Å². The van der Waals surface area contributed by atoms with Crippen molar-refractivity contribution in [3.63, 3.8) is 0 Å². The first kappa shape index (κ1) is 19.2. The Morgan fingerprint density at radius 1 is 1.11 bits per heavy atom. The molecule has 144 valence electrons. The Balaban J connectivity index is 1.53. The van der Waals surface area contributed by atoms with Gasteiger partial charge in [0, 0.05) is 5.69 Å². The van der Waals surface area contributed by atoms with Crippen molar-refractivity contribution >= 4 is 11.6 Å². The molecule has 1 aliphatic heterocycles. The highest BCUT2D eigenvalue weighted by Crippen LogP contribution is 2.30. The normalized spacial score (nSPS) is 18.0. The van der Waals surface area contributed by atoms with Crippen molar-refractivity contribution in [2.24, 2.45) is 0 Å². The molecule has 0 spiro atoms. The molecule has 1 aliphatic rings. The van der Waals surface area contributed by atoms with E-state index in [-0.39, 0.29) is 18.1 Å². The Labute approximate surface area is 161 Å². The molecule has 1 heterocycles. The summed E-state index contributed by atoms with van der Waals surface area (Å²) in [6.45, 7) is 7.44. The highest BCUT2D eigenvalue weighted by molar-refractivity contribution is 5.93. The number of likely N-dealkylation sites (N-methyl/N-ethyl adjacent to an activating group) is 1. The van der Waals surface area contributed by atoms with E-state index in [4.69, 9.17) is 9.47 Å². The molecule has 0 bridgehead atoms. The maximum atomic E-state index is 12.6. The smallest absolute Gasteiger partial charge is 0.282 e. The fourth-order valence-corrected chi connectivity index (χ4v) is 3.13. The number of carbonyl (C=O) groups is 1. The van der Waals surface area contributed by atoms with Crippen LogP contribution in [-0.2, 0) is 4.79 Å². The molecule has 2 N–H and O–H groups in total. The lowest BCUT2D eigenvalue weighted by Gasteiger charge is -2.29. The van der Waals surface area contributed by atoms with E-state index >= 15 is 0 Å². The number of nitrogens with one attached hydrogen (secondary N) is 2. The van der Waals surface area contributed by atoms with Gasteiger partial charge in [0.1, 0.15) is 13.2 Å². The van der Waals surface area contributed by atoms with Crippen LogP contribution in [0.5, 0.6) is 11.5 Å². The van der Waals surface area contributed by atoms with Crippen molar-refractivity contribution in [2.45, 2.75) is 38.8 Å². The Morgan fingerprint density at radius 2 is 1.78 bits per heavy atom. The fourth-order valence-electron chi connectivity index (χ4n) is 3.13. The maximum Gasteiger partial charge on any atom is 0.282 e. The first-order valence-corrected chi connectivity index (χ1v) is 9.55. The van der Waals surface area contributed by atoms with E-state index in [9.17, 15) is 4.79 Å². The van der Waals surface area contributed by atoms with Crippen LogP contribution < -0.4 is 19.7 Å². The van der Waals surface area contributed by atoms with Crippen LogP contribution in [-0.4, -0.2) is 38.3 Å². The Bertz CT molecular complexity index is 773. The highest BCUT2D eigenvalue weighted by Gasteiger charge is 2.28. The van der Waals surface area contributed by atoms with Gasteiger partial charge in [-0.2, -0.15) is 0 Å². The average Bonchev–Trinajstić information content (AvgIpc) is 2.67. The molecule has 5 nitrogen and oxygen atoms in total. The van der Waals surface area contributed by atoms with E-state index in [1.54, 1.807) is 0 Å². The summed E-state index contributed by atoms with van der Waals surface area (Å²) in [6, 6.07) is 15.5. The van der Waals surface area contributed by atoms with Crippen molar-refractivity contribution in [3.8, 4) is 11.5 Å². The summed E-state index contributed by atoms with van der Waals surface area (Å²) in [4.78, 5) is 13.7. The predicted octanol–water partition coefficient (Wildman–Crippen LogP) is 2.49. The minimum Gasteiger partial charge on any atom is -0.486 e. The molecular weight excluding hydrogens is 340 g/mol. The molecule has 0 saturated carbocycles. The number of fused-ring (bicyclic) bond motifs is 1. The van der Waals surface area contributed by atoms with Gasteiger partial charge in [-0.05, 0) is 42.7 Å². The fraction of sp³-hybridized carbons (Fsp3) is 0.409. The molecular formula is C22H29N2O3+. The first-order chi connectivity index (χ1) is 12.9. The zero-order valence-corrected chi connectivity index (χ0v) is 16.5. The van der Waals surface area contributed by atoms with Gasteiger partial charge in [0.25, 0.3) is 5.91 Å². The van der Waals surface area contributed by atoms with Crippen molar-refractivity contribution in [2.75, 3.05) is 25.5 Å². The number of amides is 1. The lowest BCUT2D eigenvalue weighted by Crippen LogP contribution is -3.15. The molecule has 3 rings (SSSR count). The number of para-hydroxylation sites is 2. The van der Waals surface area contributed by atoms with Crippen LogP contribution in [0.2, 0.25) is 0 Å².